The minimum Gasteiger partial charge on any atom is -0.372 e. The van der Waals surface area contributed by atoms with Crippen LogP contribution in [0, 0.1) is 0 Å². The molecule has 1 N–H and O–H groups in total. The molecule has 0 aliphatic carbocycles. The number of rotatable bonds is 4. The largest absolute Gasteiger partial charge is 0.372 e. The molecule has 2 rings (SSSR count). The van der Waals surface area contributed by atoms with Crippen LogP contribution in [0.5, 0.6) is 0 Å². The van der Waals surface area contributed by atoms with E-state index in [-0.39, 0.29) is 6.10 Å². The lowest BCUT2D eigenvalue weighted by atomic mass is 10.0. The summed E-state index contributed by atoms with van der Waals surface area (Å²) < 4.78 is 7.87. The summed E-state index contributed by atoms with van der Waals surface area (Å²) in [4.78, 5) is 0. The first-order chi connectivity index (χ1) is 7.85. The van der Waals surface area contributed by atoms with Gasteiger partial charge in [-0.15, -0.1) is 0 Å². The molecule has 16 heavy (non-hydrogen) atoms. The molecule has 4 nitrogen and oxygen atoms in total. The fourth-order valence-corrected chi connectivity index (χ4v) is 2.36. The predicted molar refractivity (Wildman–Crippen MR) is 63.3 cm³/mol. The van der Waals surface area contributed by atoms with Gasteiger partial charge in [-0.3, -0.25) is 4.68 Å². The van der Waals surface area contributed by atoms with Crippen molar-refractivity contribution in [2.24, 2.45) is 0 Å². The van der Waals surface area contributed by atoms with Gasteiger partial charge in [0.2, 0.25) is 0 Å². The maximum absolute atomic E-state index is 5.84. The molecule has 1 fully saturated rings. The number of hydrogen-bond donors (Lipinski definition) is 1. The molecule has 4 heteroatoms. The maximum Gasteiger partial charge on any atom is 0.101 e. The van der Waals surface area contributed by atoms with Crippen molar-refractivity contribution < 1.29 is 4.74 Å². The topological polar surface area (TPSA) is 39.1 Å². The third-order valence-electron chi connectivity index (χ3n) is 3.16. The molecule has 1 aliphatic heterocycles. The Labute approximate surface area is 97.0 Å². The fraction of sp³-hybridized carbons (Fsp3) is 0.750. The van der Waals surface area contributed by atoms with E-state index < -0.39 is 0 Å². The molecular weight excluding hydrogens is 202 g/mol. The van der Waals surface area contributed by atoms with Crippen molar-refractivity contribution in [1.82, 2.24) is 15.1 Å². The summed E-state index contributed by atoms with van der Waals surface area (Å²) in [5.41, 5.74) is 1.21. The number of aromatic nitrogens is 2. The minimum atomic E-state index is 0.209. The highest BCUT2D eigenvalue weighted by atomic mass is 16.5. The Morgan fingerprint density at radius 3 is 3.19 bits per heavy atom. The standard InChI is InChI=1S/C12H21N3O/c1-3-13-10-6-8-16-12(9-10)11-5-7-14-15(11)4-2/h5,7,10,12-13H,3-4,6,8-9H2,1-2H3. The molecule has 0 bridgehead atoms. The monoisotopic (exact) mass is 223 g/mol. The Morgan fingerprint density at radius 2 is 2.44 bits per heavy atom. The molecule has 0 radical (unpaired) electrons. The molecule has 1 aliphatic rings. The van der Waals surface area contributed by atoms with Gasteiger partial charge < -0.3 is 10.1 Å². The number of nitrogens with one attached hydrogen (secondary N) is 1. The Kier molecular flexibility index (Phi) is 3.96. The van der Waals surface area contributed by atoms with Crippen LogP contribution in [-0.2, 0) is 11.3 Å². The van der Waals surface area contributed by atoms with Gasteiger partial charge in [0.15, 0.2) is 0 Å². The molecule has 2 heterocycles. The minimum absolute atomic E-state index is 0.209. The normalized spacial score (nSPS) is 25.9. The van der Waals surface area contributed by atoms with Crippen molar-refractivity contribution in [3.8, 4) is 0 Å². The van der Waals surface area contributed by atoms with Gasteiger partial charge >= 0.3 is 0 Å². The Bertz CT molecular complexity index is 322. The van der Waals surface area contributed by atoms with Crippen LogP contribution in [-0.4, -0.2) is 29.0 Å². The zero-order valence-electron chi connectivity index (χ0n) is 10.1. The molecule has 2 unspecified atom stereocenters. The second kappa shape index (κ2) is 5.46. The van der Waals surface area contributed by atoms with E-state index in [0.717, 1.165) is 32.5 Å². The van der Waals surface area contributed by atoms with Gasteiger partial charge in [-0.2, -0.15) is 5.10 Å². The predicted octanol–water partition coefficient (Wildman–Crippen LogP) is 1.73. The van der Waals surface area contributed by atoms with Crippen LogP contribution in [0.4, 0.5) is 0 Å². The van der Waals surface area contributed by atoms with Crippen LogP contribution in [0.15, 0.2) is 12.3 Å². The molecule has 0 spiro atoms. The lowest BCUT2D eigenvalue weighted by molar-refractivity contribution is -0.00439. The van der Waals surface area contributed by atoms with Crippen LogP contribution < -0.4 is 5.32 Å². The van der Waals surface area contributed by atoms with Crippen LogP contribution in [0.2, 0.25) is 0 Å². The van der Waals surface area contributed by atoms with Gasteiger partial charge in [-0.05, 0) is 32.4 Å². The van der Waals surface area contributed by atoms with E-state index in [1.54, 1.807) is 0 Å². The first kappa shape index (κ1) is 11.6. The van der Waals surface area contributed by atoms with E-state index >= 15 is 0 Å². The lowest BCUT2D eigenvalue weighted by Gasteiger charge is -2.30. The molecule has 0 aromatic carbocycles. The fourth-order valence-electron chi connectivity index (χ4n) is 2.36. The Hall–Kier alpha value is -0.870. The zero-order valence-corrected chi connectivity index (χ0v) is 10.1. The smallest absolute Gasteiger partial charge is 0.101 e. The lowest BCUT2D eigenvalue weighted by Crippen LogP contribution is -2.36. The van der Waals surface area contributed by atoms with Crippen molar-refractivity contribution >= 4 is 0 Å². The maximum atomic E-state index is 5.84. The van der Waals surface area contributed by atoms with Crippen molar-refractivity contribution in [3.63, 3.8) is 0 Å². The summed E-state index contributed by atoms with van der Waals surface area (Å²) in [5, 5.41) is 7.80. The van der Waals surface area contributed by atoms with Crippen molar-refractivity contribution in [1.29, 1.82) is 0 Å². The van der Waals surface area contributed by atoms with Gasteiger partial charge in [0.05, 0.1) is 5.69 Å². The van der Waals surface area contributed by atoms with Gasteiger partial charge in [0.1, 0.15) is 6.10 Å². The highest BCUT2D eigenvalue weighted by molar-refractivity contribution is 5.06. The van der Waals surface area contributed by atoms with Crippen LogP contribution >= 0.6 is 0 Å². The second-order valence-electron chi connectivity index (χ2n) is 4.21. The van der Waals surface area contributed by atoms with Crippen LogP contribution in [0.1, 0.15) is 38.5 Å². The van der Waals surface area contributed by atoms with Crippen molar-refractivity contribution in [2.75, 3.05) is 13.2 Å². The van der Waals surface area contributed by atoms with Gasteiger partial charge in [0.25, 0.3) is 0 Å². The second-order valence-corrected chi connectivity index (χ2v) is 4.21. The average molecular weight is 223 g/mol. The molecule has 1 saturated heterocycles. The first-order valence-electron chi connectivity index (χ1n) is 6.21. The van der Waals surface area contributed by atoms with Gasteiger partial charge in [-0.25, -0.2) is 0 Å². The van der Waals surface area contributed by atoms with E-state index in [2.05, 4.69) is 30.3 Å². The Morgan fingerprint density at radius 1 is 1.56 bits per heavy atom. The summed E-state index contributed by atoms with van der Waals surface area (Å²) in [6.45, 7) is 7.05. The highest BCUT2D eigenvalue weighted by Gasteiger charge is 2.25. The van der Waals surface area contributed by atoms with E-state index in [1.807, 2.05) is 10.9 Å². The molecule has 0 amide bonds. The quantitative estimate of drug-likeness (QED) is 0.845. The molecular formula is C12H21N3O. The van der Waals surface area contributed by atoms with Gasteiger partial charge in [-0.1, -0.05) is 6.92 Å². The Balaban J connectivity index is 2.03. The number of hydrogen-bond acceptors (Lipinski definition) is 3. The summed E-state index contributed by atoms with van der Waals surface area (Å²) in [7, 11) is 0. The summed E-state index contributed by atoms with van der Waals surface area (Å²) in [6, 6.07) is 2.66. The highest BCUT2D eigenvalue weighted by Crippen LogP contribution is 2.27. The first-order valence-corrected chi connectivity index (χ1v) is 6.21. The van der Waals surface area contributed by atoms with E-state index in [1.165, 1.54) is 5.69 Å². The number of ether oxygens (including phenoxy) is 1. The van der Waals surface area contributed by atoms with Crippen LogP contribution in [0.3, 0.4) is 0 Å². The van der Waals surface area contributed by atoms with E-state index in [0.29, 0.717) is 6.04 Å². The molecule has 1 aromatic rings. The SMILES string of the molecule is CCNC1CCOC(c2ccnn2CC)C1. The summed E-state index contributed by atoms with van der Waals surface area (Å²) >= 11 is 0. The van der Waals surface area contributed by atoms with Crippen LogP contribution in [0.25, 0.3) is 0 Å². The molecule has 1 aromatic heterocycles. The average Bonchev–Trinajstić information content (AvgIpc) is 2.78. The number of nitrogens with zero attached hydrogens (tertiary/aromatic N) is 2. The van der Waals surface area contributed by atoms with E-state index in [9.17, 15) is 0 Å². The van der Waals surface area contributed by atoms with Crippen molar-refractivity contribution in [3.05, 3.63) is 18.0 Å². The third-order valence-corrected chi connectivity index (χ3v) is 3.16. The molecule has 90 valence electrons. The number of aryl methyl sites for hydroxylation is 1. The zero-order chi connectivity index (χ0) is 11.4. The third kappa shape index (κ3) is 2.44. The summed E-state index contributed by atoms with van der Waals surface area (Å²) in [5.74, 6) is 0. The van der Waals surface area contributed by atoms with Gasteiger partial charge in [0, 0.05) is 25.4 Å². The van der Waals surface area contributed by atoms with E-state index in [4.69, 9.17) is 4.74 Å². The summed E-state index contributed by atoms with van der Waals surface area (Å²) in [6.07, 6.45) is 4.24. The molecule has 2 atom stereocenters. The molecule has 0 saturated carbocycles. The van der Waals surface area contributed by atoms with Crippen molar-refractivity contribution in [2.45, 2.75) is 45.4 Å².